The zero-order chi connectivity index (χ0) is 46.3. The number of rotatable bonds is 9. The second-order valence-corrected chi connectivity index (χ2v) is 15.6. The van der Waals surface area contributed by atoms with E-state index in [1.807, 2.05) is 0 Å². The first-order valence-electron chi connectivity index (χ1n) is 20.1. The van der Waals surface area contributed by atoms with Gasteiger partial charge in [-0.1, -0.05) is 72.8 Å². The summed E-state index contributed by atoms with van der Waals surface area (Å²) in [7, 11) is 0. The van der Waals surface area contributed by atoms with Crippen molar-refractivity contribution >= 4 is 34.7 Å². The average Bonchev–Trinajstić information content (AvgIpc) is 3.32. The van der Waals surface area contributed by atoms with Gasteiger partial charge in [-0.05, 0) is 34.9 Å². The molecule has 0 aliphatic heterocycles. The van der Waals surface area contributed by atoms with E-state index in [2.05, 4.69) is 0 Å². The molecule has 0 heterocycles. The number of carbonyl (C=O) groups excluding carboxylic acids is 6. The van der Waals surface area contributed by atoms with E-state index in [4.69, 9.17) is 14.2 Å². The molecular weight excluding hydrogens is 853 g/mol. The van der Waals surface area contributed by atoms with Crippen LogP contribution in [0.4, 0.5) is 0 Å². The molecule has 0 spiro atoms. The van der Waals surface area contributed by atoms with Crippen molar-refractivity contribution in [3.63, 3.8) is 0 Å². The summed E-state index contributed by atoms with van der Waals surface area (Å²) in [5.74, 6) is -9.39. The maximum Gasteiger partial charge on any atom is 0.198 e. The third-order valence-corrected chi connectivity index (χ3v) is 11.6. The van der Waals surface area contributed by atoms with Gasteiger partial charge in [-0.2, -0.15) is 0 Å². The number of aromatic hydroxyl groups is 6. The number of hydrogen-bond donors (Lipinski definition) is 6. The minimum absolute atomic E-state index is 0.0242. The van der Waals surface area contributed by atoms with Gasteiger partial charge in [0.05, 0.1) is 33.4 Å². The van der Waals surface area contributed by atoms with Gasteiger partial charge in [-0.25, -0.2) is 0 Å². The molecule has 324 valence electrons. The highest BCUT2D eigenvalue weighted by atomic mass is 16.5. The maximum atomic E-state index is 13.8. The molecular formula is C51H30O15. The molecule has 0 radical (unpaired) electrons. The highest BCUT2D eigenvalue weighted by Gasteiger charge is 2.39. The molecule has 7 aromatic rings. The molecule has 0 amide bonds. The Morgan fingerprint density at radius 1 is 0.303 bits per heavy atom. The lowest BCUT2D eigenvalue weighted by Gasteiger charge is -2.23. The van der Waals surface area contributed by atoms with Gasteiger partial charge in [0, 0.05) is 51.6 Å². The Morgan fingerprint density at radius 3 is 0.742 bits per heavy atom. The van der Waals surface area contributed by atoms with Crippen molar-refractivity contribution in [1.29, 1.82) is 0 Å². The first kappa shape index (κ1) is 40.8. The zero-order valence-electron chi connectivity index (χ0n) is 33.9. The van der Waals surface area contributed by atoms with E-state index in [9.17, 15) is 59.4 Å². The van der Waals surface area contributed by atoms with E-state index in [1.54, 1.807) is 54.6 Å². The number of carbonyl (C=O) groups is 6. The summed E-state index contributed by atoms with van der Waals surface area (Å²) >= 11 is 0. The fourth-order valence-corrected chi connectivity index (χ4v) is 8.60. The molecule has 3 aliphatic rings. The summed E-state index contributed by atoms with van der Waals surface area (Å²) in [5.41, 5.74) is -0.919. The topological polar surface area (TPSA) is 251 Å². The van der Waals surface area contributed by atoms with Crippen LogP contribution < -0.4 is 14.2 Å². The van der Waals surface area contributed by atoms with Gasteiger partial charge in [0.25, 0.3) is 0 Å². The molecule has 3 aliphatic carbocycles. The highest BCUT2D eigenvalue weighted by molar-refractivity contribution is 6.32. The number of ether oxygens (including phenoxy) is 3. The van der Waals surface area contributed by atoms with Gasteiger partial charge < -0.3 is 44.8 Å². The van der Waals surface area contributed by atoms with Crippen molar-refractivity contribution in [3.05, 3.63) is 193 Å². The fourth-order valence-electron chi connectivity index (χ4n) is 8.60. The van der Waals surface area contributed by atoms with Crippen LogP contribution in [-0.2, 0) is 19.8 Å². The van der Waals surface area contributed by atoms with Gasteiger partial charge in [-0.15, -0.1) is 0 Å². The third-order valence-electron chi connectivity index (χ3n) is 11.6. The molecule has 66 heavy (non-hydrogen) atoms. The van der Waals surface area contributed by atoms with E-state index in [0.717, 1.165) is 18.2 Å². The first-order chi connectivity index (χ1) is 31.7. The minimum atomic E-state index is -0.805. The normalized spacial score (nSPS) is 13.3. The lowest BCUT2D eigenvalue weighted by atomic mass is 9.83. The lowest BCUT2D eigenvalue weighted by molar-refractivity contribution is 0.0972. The first-order valence-corrected chi connectivity index (χ1v) is 20.1. The van der Waals surface area contributed by atoms with Gasteiger partial charge in [0.15, 0.2) is 69.2 Å². The summed E-state index contributed by atoms with van der Waals surface area (Å²) in [6, 6.07) is 25.7. The van der Waals surface area contributed by atoms with Crippen LogP contribution in [0.15, 0.2) is 109 Å². The number of phenolic OH excluding ortho intramolecular Hbond substituents is 6. The fraction of sp³-hybridized carbons (Fsp3) is 0.0588. The largest absolute Gasteiger partial charge is 0.504 e. The van der Waals surface area contributed by atoms with Crippen LogP contribution in [0.5, 0.6) is 51.7 Å². The monoisotopic (exact) mass is 882 g/mol. The van der Waals surface area contributed by atoms with Crippen LogP contribution in [0.1, 0.15) is 112 Å². The molecule has 0 unspecified atom stereocenters. The predicted octanol–water partition coefficient (Wildman–Crippen LogP) is 6.98. The SMILES string of the molecule is O=C1c2ccccc2C(=O)c2c(O)c(O)cc(OCc3cc(COc4cc(O)c(O)c5c4C(=O)c4ccccc4C5=O)cc(COc4cc(O)c(O)c5c4C(=O)c4ccccc4C5=O)c3)c21. The van der Waals surface area contributed by atoms with E-state index >= 15 is 0 Å². The number of fused-ring (bicyclic) bond motifs is 6. The van der Waals surface area contributed by atoms with Crippen LogP contribution >= 0.6 is 0 Å². The molecule has 0 bridgehead atoms. The minimum Gasteiger partial charge on any atom is -0.504 e. The Hall–Kier alpha value is -9.24. The molecule has 0 saturated carbocycles. The highest BCUT2D eigenvalue weighted by Crippen LogP contribution is 2.47. The molecule has 15 heteroatoms. The zero-order valence-corrected chi connectivity index (χ0v) is 33.9. The van der Waals surface area contributed by atoms with Crippen molar-refractivity contribution in [2.45, 2.75) is 19.8 Å². The van der Waals surface area contributed by atoms with Crippen LogP contribution in [0, 0.1) is 0 Å². The number of ketones is 6. The van der Waals surface area contributed by atoms with E-state index in [1.165, 1.54) is 36.4 Å². The Balaban J connectivity index is 1.02. The Kier molecular flexibility index (Phi) is 9.42. The number of benzene rings is 7. The van der Waals surface area contributed by atoms with E-state index in [-0.39, 0.29) is 87.1 Å². The Labute approximate surface area is 371 Å². The summed E-state index contributed by atoms with van der Waals surface area (Å²) in [6.45, 7) is -1.09. The van der Waals surface area contributed by atoms with Crippen molar-refractivity contribution in [3.8, 4) is 51.7 Å². The standard InChI is InChI=1S/C51H30O15/c52-31-16-34(37-40(49(31)61)46(58)28-10-4-1-7-25(28)43(37)55)64-19-22-13-23(20-65-35-17-32(53)50(62)41-38(35)44(56)26-8-2-5-11-29(26)47(41)59)15-24(14-22)21-66-36-18-33(54)51(63)42-39(36)45(57)27-9-3-6-12-30(27)48(42)60/h1-18,52-54,61-63H,19-21H2. The molecule has 0 atom stereocenters. The van der Waals surface area contributed by atoms with Crippen molar-refractivity contribution in [2.75, 3.05) is 0 Å². The summed E-state index contributed by atoms with van der Waals surface area (Å²) < 4.78 is 18.3. The van der Waals surface area contributed by atoms with Crippen molar-refractivity contribution < 1.29 is 73.6 Å². The number of phenols is 6. The van der Waals surface area contributed by atoms with Gasteiger partial charge in [-0.3, -0.25) is 28.8 Å². The van der Waals surface area contributed by atoms with Crippen LogP contribution in [0.2, 0.25) is 0 Å². The van der Waals surface area contributed by atoms with Crippen LogP contribution in [0.25, 0.3) is 0 Å². The van der Waals surface area contributed by atoms with Crippen molar-refractivity contribution in [2.24, 2.45) is 0 Å². The van der Waals surface area contributed by atoms with Gasteiger partial charge in [0.2, 0.25) is 0 Å². The molecule has 15 nitrogen and oxygen atoms in total. The summed E-state index contributed by atoms with van der Waals surface area (Å²) in [5, 5.41) is 64.4. The molecule has 0 aromatic heterocycles. The van der Waals surface area contributed by atoms with Crippen LogP contribution in [-0.4, -0.2) is 65.3 Å². The van der Waals surface area contributed by atoms with Crippen molar-refractivity contribution in [1.82, 2.24) is 0 Å². The predicted molar refractivity (Wildman–Crippen MR) is 229 cm³/mol. The molecule has 10 rings (SSSR count). The van der Waals surface area contributed by atoms with Crippen LogP contribution in [0.3, 0.4) is 0 Å². The maximum absolute atomic E-state index is 13.8. The third kappa shape index (κ3) is 6.28. The second kappa shape index (κ2) is 15.2. The Bertz CT molecular complexity index is 3030. The Morgan fingerprint density at radius 2 is 0.515 bits per heavy atom. The molecule has 7 aromatic carbocycles. The van der Waals surface area contributed by atoms with Gasteiger partial charge >= 0.3 is 0 Å². The summed E-state index contributed by atoms with van der Waals surface area (Å²) in [6.07, 6.45) is 0. The smallest absolute Gasteiger partial charge is 0.198 e. The average molecular weight is 883 g/mol. The lowest BCUT2D eigenvalue weighted by Crippen LogP contribution is -2.22. The van der Waals surface area contributed by atoms with Gasteiger partial charge in [0.1, 0.15) is 37.1 Å². The van der Waals surface area contributed by atoms with E-state index in [0.29, 0.717) is 16.7 Å². The van der Waals surface area contributed by atoms with E-state index < -0.39 is 85.9 Å². The molecule has 6 N–H and O–H groups in total. The molecule has 0 fully saturated rings. The quantitative estimate of drug-likeness (QED) is 0.0800. The summed E-state index contributed by atoms with van der Waals surface area (Å²) in [4.78, 5) is 82.0. The molecule has 0 saturated heterocycles. The second-order valence-electron chi connectivity index (χ2n) is 15.6. The number of hydrogen-bond acceptors (Lipinski definition) is 15.